The summed E-state index contributed by atoms with van der Waals surface area (Å²) in [6.07, 6.45) is 2.41. The Kier molecular flexibility index (Phi) is 7.00. The van der Waals surface area contributed by atoms with Gasteiger partial charge in [0.25, 0.3) is 0 Å². The van der Waals surface area contributed by atoms with Crippen molar-refractivity contribution in [3.05, 3.63) is 34.5 Å². The molecule has 8 heteroatoms. The molecule has 28 heavy (non-hydrogen) atoms. The van der Waals surface area contributed by atoms with Crippen LogP contribution in [-0.2, 0) is 0 Å². The Balaban J connectivity index is 1.66. The molecule has 0 aliphatic carbocycles. The maximum absolute atomic E-state index is 12.5. The molecule has 2 amide bonds. The molecule has 2 N–H and O–H groups in total. The van der Waals surface area contributed by atoms with Gasteiger partial charge in [-0.2, -0.15) is 11.3 Å². The number of anilines is 1. The second-order valence-electron chi connectivity index (χ2n) is 6.56. The number of methoxy groups -OCH3 is 3. The molecule has 1 saturated heterocycles. The Hall–Kier alpha value is -2.45. The number of urea groups is 1. The lowest BCUT2D eigenvalue weighted by molar-refractivity contribution is 0.228. The third-order valence-corrected chi connectivity index (χ3v) is 5.59. The van der Waals surface area contributed by atoms with Gasteiger partial charge < -0.3 is 24.8 Å². The van der Waals surface area contributed by atoms with E-state index < -0.39 is 0 Å². The zero-order valence-corrected chi connectivity index (χ0v) is 17.3. The van der Waals surface area contributed by atoms with Crippen molar-refractivity contribution < 1.29 is 19.0 Å². The van der Waals surface area contributed by atoms with Crippen LogP contribution < -0.4 is 24.8 Å². The van der Waals surface area contributed by atoms with Crippen molar-refractivity contribution in [2.75, 3.05) is 46.3 Å². The van der Waals surface area contributed by atoms with E-state index >= 15 is 0 Å². The minimum atomic E-state index is -0.270. The van der Waals surface area contributed by atoms with Crippen LogP contribution in [0.15, 0.2) is 29.0 Å². The maximum atomic E-state index is 12.5. The molecule has 1 aliphatic rings. The molecule has 152 valence electrons. The van der Waals surface area contributed by atoms with Gasteiger partial charge in [-0.15, -0.1) is 0 Å². The highest BCUT2D eigenvalue weighted by molar-refractivity contribution is 7.07. The summed E-state index contributed by atoms with van der Waals surface area (Å²) in [5, 5.41) is 10.1. The van der Waals surface area contributed by atoms with Gasteiger partial charge in [0.15, 0.2) is 11.5 Å². The second-order valence-corrected chi connectivity index (χ2v) is 7.34. The Morgan fingerprint density at radius 3 is 2.36 bits per heavy atom. The van der Waals surface area contributed by atoms with Crippen molar-refractivity contribution in [1.29, 1.82) is 0 Å². The van der Waals surface area contributed by atoms with Crippen LogP contribution in [0.25, 0.3) is 0 Å². The van der Waals surface area contributed by atoms with Gasteiger partial charge in [-0.1, -0.05) is 0 Å². The largest absolute Gasteiger partial charge is 0.493 e. The fourth-order valence-corrected chi connectivity index (χ4v) is 4.20. The van der Waals surface area contributed by atoms with Gasteiger partial charge in [-0.05, 0) is 48.3 Å². The summed E-state index contributed by atoms with van der Waals surface area (Å²) in [5.41, 5.74) is 1.82. The van der Waals surface area contributed by atoms with E-state index in [-0.39, 0.29) is 12.1 Å². The molecule has 1 atom stereocenters. The zero-order valence-electron chi connectivity index (χ0n) is 16.5. The normalized spacial score (nSPS) is 15.1. The number of likely N-dealkylation sites (tertiary alicyclic amines) is 1. The minimum absolute atomic E-state index is 0.194. The van der Waals surface area contributed by atoms with Crippen LogP contribution in [0.1, 0.15) is 24.4 Å². The smallest absolute Gasteiger partial charge is 0.319 e. The molecule has 7 nitrogen and oxygen atoms in total. The lowest BCUT2D eigenvalue weighted by Crippen LogP contribution is -2.38. The predicted molar refractivity (Wildman–Crippen MR) is 111 cm³/mol. The summed E-state index contributed by atoms with van der Waals surface area (Å²) in [7, 11) is 4.63. The first-order valence-corrected chi connectivity index (χ1v) is 10.2. The number of nitrogens with zero attached hydrogens (tertiary/aromatic N) is 1. The SMILES string of the molecule is COc1cc(NC(=O)NC[C@@H](c2ccsc2)N2CCCC2)cc(OC)c1OC. The van der Waals surface area contributed by atoms with Gasteiger partial charge in [-0.3, -0.25) is 4.90 Å². The van der Waals surface area contributed by atoms with E-state index in [0.717, 1.165) is 13.1 Å². The van der Waals surface area contributed by atoms with Crippen molar-refractivity contribution in [1.82, 2.24) is 10.2 Å². The van der Waals surface area contributed by atoms with E-state index in [0.29, 0.717) is 29.5 Å². The monoisotopic (exact) mass is 405 g/mol. The number of thiophene rings is 1. The topological polar surface area (TPSA) is 72.1 Å². The average molecular weight is 406 g/mol. The molecule has 1 aromatic carbocycles. The van der Waals surface area contributed by atoms with E-state index in [1.54, 1.807) is 44.8 Å². The maximum Gasteiger partial charge on any atom is 0.319 e. The molecule has 1 aliphatic heterocycles. The van der Waals surface area contributed by atoms with Gasteiger partial charge in [0.1, 0.15) is 0 Å². The first-order chi connectivity index (χ1) is 13.7. The van der Waals surface area contributed by atoms with Crippen LogP contribution in [0.3, 0.4) is 0 Å². The van der Waals surface area contributed by atoms with Gasteiger partial charge >= 0.3 is 6.03 Å². The van der Waals surface area contributed by atoms with E-state index in [2.05, 4.69) is 32.4 Å². The molecule has 3 rings (SSSR count). The summed E-state index contributed by atoms with van der Waals surface area (Å²) in [5.74, 6) is 1.47. The summed E-state index contributed by atoms with van der Waals surface area (Å²) in [6.45, 7) is 2.68. The van der Waals surface area contributed by atoms with Gasteiger partial charge in [0, 0.05) is 18.7 Å². The van der Waals surface area contributed by atoms with Crippen molar-refractivity contribution >= 4 is 23.1 Å². The van der Waals surface area contributed by atoms with E-state index in [9.17, 15) is 4.79 Å². The molecular weight excluding hydrogens is 378 g/mol. The average Bonchev–Trinajstić information content (AvgIpc) is 3.42. The summed E-state index contributed by atoms with van der Waals surface area (Å²) < 4.78 is 16.0. The first kappa shape index (κ1) is 20.3. The minimum Gasteiger partial charge on any atom is -0.493 e. The molecule has 2 heterocycles. The van der Waals surface area contributed by atoms with Gasteiger partial charge in [0.2, 0.25) is 5.75 Å². The number of ether oxygens (including phenoxy) is 3. The zero-order chi connectivity index (χ0) is 19.9. The number of nitrogens with one attached hydrogen (secondary N) is 2. The third-order valence-electron chi connectivity index (χ3n) is 4.89. The highest BCUT2D eigenvalue weighted by Crippen LogP contribution is 2.39. The summed E-state index contributed by atoms with van der Waals surface area (Å²) >= 11 is 1.68. The number of rotatable bonds is 8. The summed E-state index contributed by atoms with van der Waals surface area (Å²) in [6, 6.07) is 5.47. The van der Waals surface area contributed by atoms with Crippen molar-refractivity contribution in [2.45, 2.75) is 18.9 Å². The fraction of sp³-hybridized carbons (Fsp3) is 0.450. The van der Waals surface area contributed by atoms with Gasteiger partial charge in [-0.25, -0.2) is 4.79 Å². The van der Waals surface area contributed by atoms with Crippen molar-refractivity contribution in [3.63, 3.8) is 0 Å². The lowest BCUT2D eigenvalue weighted by Gasteiger charge is -2.27. The highest BCUT2D eigenvalue weighted by Gasteiger charge is 2.24. The molecule has 0 unspecified atom stereocenters. The van der Waals surface area contributed by atoms with Crippen LogP contribution in [0.5, 0.6) is 17.2 Å². The van der Waals surface area contributed by atoms with Crippen LogP contribution in [0.4, 0.5) is 10.5 Å². The number of carbonyl (C=O) groups excluding carboxylic acids is 1. The number of amides is 2. The van der Waals surface area contributed by atoms with Crippen molar-refractivity contribution in [3.8, 4) is 17.2 Å². The highest BCUT2D eigenvalue weighted by atomic mass is 32.1. The van der Waals surface area contributed by atoms with Crippen LogP contribution in [0.2, 0.25) is 0 Å². The molecule has 0 spiro atoms. The van der Waals surface area contributed by atoms with E-state index in [4.69, 9.17) is 14.2 Å². The van der Waals surface area contributed by atoms with Crippen molar-refractivity contribution in [2.24, 2.45) is 0 Å². The number of hydrogen-bond donors (Lipinski definition) is 2. The Morgan fingerprint density at radius 2 is 1.82 bits per heavy atom. The van der Waals surface area contributed by atoms with Gasteiger partial charge in [0.05, 0.1) is 33.1 Å². The fourth-order valence-electron chi connectivity index (χ4n) is 3.49. The lowest BCUT2D eigenvalue weighted by atomic mass is 10.1. The number of hydrogen-bond acceptors (Lipinski definition) is 6. The quantitative estimate of drug-likeness (QED) is 0.700. The predicted octanol–water partition coefficient (Wildman–Crippen LogP) is 3.73. The molecule has 0 saturated carbocycles. The molecule has 1 fully saturated rings. The second kappa shape index (κ2) is 9.66. The summed E-state index contributed by atoms with van der Waals surface area (Å²) in [4.78, 5) is 14.9. The third kappa shape index (κ3) is 4.69. The van der Waals surface area contributed by atoms with E-state index in [1.807, 2.05) is 0 Å². The molecule has 2 aromatic rings. The molecule has 0 bridgehead atoms. The Bertz CT molecular complexity index is 751. The Morgan fingerprint density at radius 1 is 1.14 bits per heavy atom. The number of carbonyl (C=O) groups is 1. The van der Waals surface area contributed by atoms with Crippen LogP contribution >= 0.6 is 11.3 Å². The molecule has 0 radical (unpaired) electrons. The van der Waals surface area contributed by atoms with E-state index in [1.165, 1.54) is 18.4 Å². The molecule has 1 aromatic heterocycles. The van der Waals surface area contributed by atoms with Crippen LogP contribution in [-0.4, -0.2) is 51.9 Å². The Labute approximate surface area is 169 Å². The number of benzene rings is 1. The first-order valence-electron chi connectivity index (χ1n) is 9.27. The molecular formula is C20H27N3O4S. The standard InChI is InChI=1S/C20H27N3O4S/c1-25-17-10-15(11-18(26-2)19(17)27-3)22-20(24)21-12-16(14-6-9-28-13-14)23-7-4-5-8-23/h6,9-11,13,16H,4-5,7-8,12H2,1-3H3,(H2,21,22,24)/t16-/m0/s1. The van der Waals surface area contributed by atoms with Crippen LogP contribution in [0, 0.1) is 0 Å².